The third-order valence-corrected chi connectivity index (χ3v) is 1.73. The number of halogens is 1. The number of esters is 1. The normalized spacial score (nSPS) is 11.3. The maximum Gasteiger partial charge on any atom is 0.307 e. The predicted molar refractivity (Wildman–Crippen MR) is 55.0 cm³/mol. The molecule has 0 spiro atoms. The Morgan fingerprint density at radius 1 is 1.71 bits per heavy atom. The smallest absolute Gasteiger partial charge is 0.307 e. The SMILES string of the molecule is COC(=O)C[C@@H](N)c1cccnc1.Cl. The van der Waals surface area contributed by atoms with E-state index in [1.807, 2.05) is 6.07 Å². The molecule has 0 aliphatic carbocycles. The largest absolute Gasteiger partial charge is 0.469 e. The molecule has 1 aromatic heterocycles. The van der Waals surface area contributed by atoms with Gasteiger partial charge < -0.3 is 10.5 Å². The molecule has 0 aromatic carbocycles. The van der Waals surface area contributed by atoms with Gasteiger partial charge in [-0.25, -0.2) is 0 Å². The van der Waals surface area contributed by atoms with Gasteiger partial charge in [-0.15, -0.1) is 12.4 Å². The highest BCUT2D eigenvalue weighted by Gasteiger charge is 2.11. The van der Waals surface area contributed by atoms with Crippen LogP contribution in [-0.2, 0) is 9.53 Å². The second-order valence-corrected chi connectivity index (χ2v) is 2.67. The third kappa shape index (κ3) is 3.72. The minimum absolute atomic E-state index is 0. The molecular weight excluding hydrogens is 204 g/mol. The summed E-state index contributed by atoms with van der Waals surface area (Å²) in [5.74, 6) is -0.309. The molecule has 1 aromatic rings. The first kappa shape index (κ1) is 12.9. The highest BCUT2D eigenvalue weighted by molar-refractivity contribution is 5.85. The summed E-state index contributed by atoms with van der Waals surface area (Å²) >= 11 is 0. The van der Waals surface area contributed by atoms with Crippen molar-refractivity contribution in [2.24, 2.45) is 5.73 Å². The monoisotopic (exact) mass is 216 g/mol. The number of pyridine rings is 1. The summed E-state index contributed by atoms with van der Waals surface area (Å²) in [5, 5.41) is 0. The maximum absolute atomic E-state index is 10.9. The lowest BCUT2D eigenvalue weighted by atomic mass is 10.1. The van der Waals surface area contributed by atoms with Crippen molar-refractivity contribution in [3.8, 4) is 0 Å². The minimum Gasteiger partial charge on any atom is -0.469 e. The van der Waals surface area contributed by atoms with E-state index in [-0.39, 0.29) is 30.8 Å². The van der Waals surface area contributed by atoms with Crippen LogP contribution < -0.4 is 5.73 Å². The van der Waals surface area contributed by atoms with E-state index in [9.17, 15) is 4.79 Å². The molecule has 2 N–H and O–H groups in total. The summed E-state index contributed by atoms with van der Waals surface area (Å²) in [6, 6.07) is 3.29. The van der Waals surface area contributed by atoms with E-state index < -0.39 is 0 Å². The molecule has 1 atom stereocenters. The fourth-order valence-corrected chi connectivity index (χ4v) is 0.976. The lowest BCUT2D eigenvalue weighted by molar-refractivity contribution is -0.141. The number of nitrogens with zero attached hydrogens (tertiary/aromatic N) is 1. The van der Waals surface area contributed by atoms with Crippen molar-refractivity contribution >= 4 is 18.4 Å². The van der Waals surface area contributed by atoms with Crippen molar-refractivity contribution in [3.05, 3.63) is 30.1 Å². The Balaban J connectivity index is 0.00000169. The van der Waals surface area contributed by atoms with Crippen LogP contribution in [0.15, 0.2) is 24.5 Å². The molecule has 0 saturated carbocycles. The average molecular weight is 217 g/mol. The van der Waals surface area contributed by atoms with E-state index in [1.165, 1.54) is 7.11 Å². The first-order valence-corrected chi connectivity index (χ1v) is 3.96. The summed E-state index contributed by atoms with van der Waals surface area (Å²) in [6.07, 6.45) is 3.49. The Labute approximate surface area is 88.9 Å². The zero-order valence-corrected chi connectivity index (χ0v) is 8.66. The fourth-order valence-electron chi connectivity index (χ4n) is 0.976. The highest BCUT2D eigenvalue weighted by atomic mass is 35.5. The molecule has 78 valence electrons. The van der Waals surface area contributed by atoms with Crippen molar-refractivity contribution < 1.29 is 9.53 Å². The molecule has 1 rings (SSSR count). The number of methoxy groups -OCH3 is 1. The van der Waals surface area contributed by atoms with Gasteiger partial charge in [0.15, 0.2) is 0 Å². The number of hydrogen-bond acceptors (Lipinski definition) is 4. The van der Waals surface area contributed by atoms with E-state index in [2.05, 4.69) is 9.72 Å². The Hall–Kier alpha value is -1.13. The summed E-state index contributed by atoms with van der Waals surface area (Å²) in [5.41, 5.74) is 6.57. The van der Waals surface area contributed by atoms with Crippen LogP contribution in [0.25, 0.3) is 0 Å². The summed E-state index contributed by atoms with van der Waals surface area (Å²) in [7, 11) is 1.35. The topological polar surface area (TPSA) is 65.2 Å². The van der Waals surface area contributed by atoms with Crippen molar-refractivity contribution in [1.82, 2.24) is 4.98 Å². The molecule has 14 heavy (non-hydrogen) atoms. The van der Waals surface area contributed by atoms with Crippen LogP contribution in [0.2, 0.25) is 0 Å². The average Bonchev–Trinajstić information content (AvgIpc) is 2.19. The van der Waals surface area contributed by atoms with Gasteiger partial charge in [-0.3, -0.25) is 9.78 Å². The number of hydrogen-bond donors (Lipinski definition) is 1. The van der Waals surface area contributed by atoms with Crippen LogP contribution in [0.1, 0.15) is 18.0 Å². The van der Waals surface area contributed by atoms with Crippen LogP contribution in [0.4, 0.5) is 0 Å². The molecule has 4 nitrogen and oxygen atoms in total. The van der Waals surface area contributed by atoms with Crippen molar-refractivity contribution in [2.75, 3.05) is 7.11 Å². The van der Waals surface area contributed by atoms with E-state index in [4.69, 9.17) is 5.73 Å². The molecule has 0 bridgehead atoms. The van der Waals surface area contributed by atoms with Crippen molar-refractivity contribution in [3.63, 3.8) is 0 Å². The lowest BCUT2D eigenvalue weighted by Gasteiger charge is -2.08. The van der Waals surface area contributed by atoms with Gasteiger partial charge in [0.25, 0.3) is 0 Å². The number of nitrogens with two attached hydrogens (primary N) is 1. The molecule has 0 saturated heterocycles. The summed E-state index contributed by atoms with van der Waals surface area (Å²) in [4.78, 5) is 14.8. The first-order valence-electron chi connectivity index (χ1n) is 3.96. The van der Waals surface area contributed by atoms with Gasteiger partial charge >= 0.3 is 5.97 Å². The second kappa shape index (κ2) is 6.34. The number of carbonyl (C=O) groups excluding carboxylic acids is 1. The molecule has 0 unspecified atom stereocenters. The number of ether oxygens (including phenoxy) is 1. The van der Waals surface area contributed by atoms with Crippen LogP contribution in [0.5, 0.6) is 0 Å². The highest BCUT2D eigenvalue weighted by Crippen LogP contribution is 2.12. The van der Waals surface area contributed by atoms with E-state index >= 15 is 0 Å². The Bertz CT molecular complexity index is 279. The molecular formula is C9H13ClN2O2. The molecule has 0 amide bonds. The van der Waals surface area contributed by atoms with Gasteiger partial charge in [-0.05, 0) is 11.6 Å². The Morgan fingerprint density at radius 2 is 2.43 bits per heavy atom. The zero-order chi connectivity index (χ0) is 9.68. The third-order valence-electron chi connectivity index (χ3n) is 1.73. The zero-order valence-electron chi connectivity index (χ0n) is 7.84. The standard InChI is InChI=1S/C9H12N2O2.ClH/c1-13-9(12)5-8(10)7-3-2-4-11-6-7;/h2-4,6,8H,5,10H2,1H3;1H/t8-;/m1./s1. The molecule has 1 heterocycles. The van der Waals surface area contributed by atoms with Gasteiger partial charge in [0.2, 0.25) is 0 Å². The minimum atomic E-state index is -0.332. The maximum atomic E-state index is 10.9. The lowest BCUT2D eigenvalue weighted by Crippen LogP contribution is -2.16. The van der Waals surface area contributed by atoms with E-state index in [0.29, 0.717) is 0 Å². The van der Waals surface area contributed by atoms with Crippen LogP contribution >= 0.6 is 12.4 Å². The number of aromatic nitrogens is 1. The molecule has 0 radical (unpaired) electrons. The summed E-state index contributed by atoms with van der Waals surface area (Å²) < 4.78 is 4.50. The quantitative estimate of drug-likeness (QED) is 0.768. The Kier molecular flexibility index (Phi) is 5.83. The van der Waals surface area contributed by atoms with Crippen LogP contribution in [0, 0.1) is 0 Å². The number of rotatable bonds is 3. The van der Waals surface area contributed by atoms with Crippen molar-refractivity contribution in [1.29, 1.82) is 0 Å². The molecule has 0 aliphatic heterocycles. The van der Waals surface area contributed by atoms with Gasteiger partial charge in [0.1, 0.15) is 0 Å². The second-order valence-electron chi connectivity index (χ2n) is 2.67. The predicted octanol–water partition coefficient (Wildman–Crippen LogP) is 1.07. The van der Waals surface area contributed by atoms with E-state index in [1.54, 1.807) is 18.5 Å². The molecule has 5 heteroatoms. The molecule has 0 aliphatic rings. The first-order chi connectivity index (χ1) is 6.24. The van der Waals surface area contributed by atoms with Gasteiger partial charge in [-0.1, -0.05) is 6.07 Å². The van der Waals surface area contributed by atoms with Gasteiger partial charge in [0.05, 0.1) is 13.5 Å². The Morgan fingerprint density at radius 3 is 2.93 bits per heavy atom. The summed E-state index contributed by atoms with van der Waals surface area (Å²) in [6.45, 7) is 0. The van der Waals surface area contributed by atoms with E-state index in [0.717, 1.165) is 5.56 Å². The number of carbonyl (C=O) groups is 1. The van der Waals surface area contributed by atoms with Crippen LogP contribution in [0.3, 0.4) is 0 Å². The molecule has 0 fully saturated rings. The fraction of sp³-hybridized carbons (Fsp3) is 0.333. The van der Waals surface area contributed by atoms with Crippen LogP contribution in [-0.4, -0.2) is 18.1 Å². The van der Waals surface area contributed by atoms with Crippen molar-refractivity contribution in [2.45, 2.75) is 12.5 Å². The van der Waals surface area contributed by atoms with Gasteiger partial charge in [0, 0.05) is 18.4 Å². The van der Waals surface area contributed by atoms with Gasteiger partial charge in [-0.2, -0.15) is 0 Å².